The average molecular weight is 266 g/mol. The van der Waals surface area contributed by atoms with Crippen LogP contribution in [0.5, 0.6) is 0 Å². The Morgan fingerprint density at radius 2 is 2.11 bits per heavy atom. The third-order valence-electron chi connectivity index (χ3n) is 2.57. The second-order valence-corrected chi connectivity index (χ2v) is 4.40. The first-order valence-corrected chi connectivity index (χ1v) is 5.79. The number of aromatic amines is 1. The van der Waals surface area contributed by atoms with E-state index >= 15 is 0 Å². The molecule has 1 heterocycles. The Labute approximate surface area is 109 Å². The number of hydrogen-bond donors (Lipinski definition) is 2. The van der Waals surface area contributed by atoms with Gasteiger partial charge in [-0.1, -0.05) is 28.9 Å². The summed E-state index contributed by atoms with van der Waals surface area (Å²) in [7, 11) is 0. The van der Waals surface area contributed by atoms with Crippen LogP contribution < -0.4 is 5.73 Å². The third-order valence-corrected chi connectivity index (χ3v) is 2.82. The normalized spacial score (nSPS) is 12.3. The molecule has 1 unspecified atom stereocenters. The molecule has 1 aromatic carbocycles. The van der Waals surface area contributed by atoms with E-state index in [2.05, 4.69) is 20.6 Å². The van der Waals surface area contributed by atoms with Gasteiger partial charge >= 0.3 is 0 Å². The molecule has 0 spiro atoms. The molecular weight excluding hydrogens is 254 g/mol. The summed E-state index contributed by atoms with van der Waals surface area (Å²) >= 11 is 5.82. The Morgan fingerprint density at radius 1 is 1.39 bits per heavy atom. The molecule has 94 valence electrons. The largest absolute Gasteiger partial charge is 0.370 e. The van der Waals surface area contributed by atoms with E-state index in [-0.39, 0.29) is 12.3 Å². The second kappa shape index (κ2) is 5.59. The Bertz CT molecular complexity index is 511. The van der Waals surface area contributed by atoms with Gasteiger partial charge in [-0.05, 0) is 24.1 Å². The maximum absolute atomic E-state index is 11.1. The van der Waals surface area contributed by atoms with Crippen LogP contribution in [-0.4, -0.2) is 26.5 Å². The maximum Gasteiger partial charge on any atom is 0.218 e. The molecule has 0 radical (unpaired) electrons. The van der Waals surface area contributed by atoms with Crippen LogP contribution in [0.1, 0.15) is 23.7 Å². The molecule has 2 aromatic rings. The smallest absolute Gasteiger partial charge is 0.218 e. The highest BCUT2D eigenvalue weighted by atomic mass is 35.5. The van der Waals surface area contributed by atoms with Crippen molar-refractivity contribution < 1.29 is 4.79 Å². The molecule has 2 rings (SSSR count). The van der Waals surface area contributed by atoms with Crippen LogP contribution >= 0.6 is 11.6 Å². The SMILES string of the molecule is NC(=O)CC(Cc1ccc(Cl)cc1)c1nn[nH]n1. The van der Waals surface area contributed by atoms with Gasteiger partial charge in [-0.15, -0.1) is 10.2 Å². The summed E-state index contributed by atoms with van der Waals surface area (Å²) in [6.45, 7) is 0. The molecule has 1 atom stereocenters. The van der Waals surface area contributed by atoms with Crippen molar-refractivity contribution >= 4 is 17.5 Å². The molecular formula is C11H12ClN5O. The van der Waals surface area contributed by atoms with Gasteiger partial charge in [-0.3, -0.25) is 4.79 Å². The molecule has 1 amide bonds. The number of nitrogens with two attached hydrogens (primary N) is 1. The second-order valence-electron chi connectivity index (χ2n) is 3.97. The Hall–Kier alpha value is -1.95. The van der Waals surface area contributed by atoms with Gasteiger partial charge in [0.2, 0.25) is 5.91 Å². The van der Waals surface area contributed by atoms with Crippen molar-refractivity contribution in [2.24, 2.45) is 5.73 Å². The van der Waals surface area contributed by atoms with E-state index in [1.807, 2.05) is 12.1 Å². The molecule has 0 aliphatic rings. The number of halogens is 1. The van der Waals surface area contributed by atoms with Gasteiger partial charge in [-0.25, -0.2) is 0 Å². The van der Waals surface area contributed by atoms with Crippen LogP contribution in [0, 0.1) is 0 Å². The van der Waals surface area contributed by atoms with Crippen molar-refractivity contribution in [3.05, 3.63) is 40.7 Å². The number of tetrazole rings is 1. The van der Waals surface area contributed by atoms with Crippen LogP contribution in [0.3, 0.4) is 0 Å². The number of amides is 1. The molecule has 18 heavy (non-hydrogen) atoms. The molecule has 3 N–H and O–H groups in total. The van der Waals surface area contributed by atoms with Crippen molar-refractivity contribution in [1.29, 1.82) is 0 Å². The van der Waals surface area contributed by atoms with E-state index in [1.54, 1.807) is 12.1 Å². The van der Waals surface area contributed by atoms with Gasteiger partial charge in [0.1, 0.15) is 0 Å². The molecule has 0 aliphatic carbocycles. The van der Waals surface area contributed by atoms with Crippen LogP contribution in [0.4, 0.5) is 0 Å². The fourth-order valence-corrected chi connectivity index (χ4v) is 1.87. The monoisotopic (exact) mass is 265 g/mol. The summed E-state index contributed by atoms with van der Waals surface area (Å²) in [6.07, 6.45) is 0.793. The number of carbonyl (C=O) groups is 1. The van der Waals surface area contributed by atoms with E-state index in [9.17, 15) is 4.79 Å². The summed E-state index contributed by atoms with van der Waals surface area (Å²) in [5.41, 5.74) is 6.27. The van der Waals surface area contributed by atoms with Crippen molar-refractivity contribution in [3.63, 3.8) is 0 Å². The number of primary amides is 1. The Kier molecular flexibility index (Phi) is 3.88. The minimum Gasteiger partial charge on any atom is -0.370 e. The Balaban J connectivity index is 2.15. The number of hydrogen-bond acceptors (Lipinski definition) is 4. The first kappa shape index (κ1) is 12.5. The standard InChI is InChI=1S/C11H12ClN5O/c12-9-3-1-7(2-4-9)5-8(6-10(13)18)11-14-16-17-15-11/h1-4,8H,5-6H2,(H2,13,18)(H,14,15,16,17). The van der Waals surface area contributed by atoms with Crippen molar-refractivity contribution in [2.75, 3.05) is 0 Å². The third kappa shape index (κ3) is 3.27. The zero-order chi connectivity index (χ0) is 13.0. The minimum absolute atomic E-state index is 0.178. The van der Waals surface area contributed by atoms with Gasteiger partial charge in [0, 0.05) is 17.4 Å². The van der Waals surface area contributed by atoms with Crippen LogP contribution in [-0.2, 0) is 11.2 Å². The number of benzene rings is 1. The maximum atomic E-state index is 11.1. The minimum atomic E-state index is -0.390. The number of nitrogens with one attached hydrogen (secondary N) is 1. The zero-order valence-corrected chi connectivity index (χ0v) is 10.3. The highest BCUT2D eigenvalue weighted by Gasteiger charge is 2.19. The number of nitrogens with zero attached hydrogens (tertiary/aromatic N) is 3. The van der Waals surface area contributed by atoms with Gasteiger partial charge in [0.15, 0.2) is 5.82 Å². The first-order chi connectivity index (χ1) is 8.65. The quantitative estimate of drug-likeness (QED) is 0.844. The number of H-pyrrole nitrogens is 1. The van der Waals surface area contributed by atoms with E-state index < -0.39 is 5.91 Å². The highest BCUT2D eigenvalue weighted by molar-refractivity contribution is 6.30. The molecule has 0 bridgehead atoms. The topological polar surface area (TPSA) is 97.5 Å². The van der Waals surface area contributed by atoms with Crippen LogP contribution in [0.25, 0.3) is 0 Å². The predicted octanol–water partition coefficient (Wildman–Crippen LogP) is 1.05. The van der Waals surface area contributed by atoms with Crippen LogP contribution in [0.15, 0.2) is 24.3 Å². The molecule has 1 aromatic heterocycles. The first-order valence-electron chi connectivity index (χ1n) is 5.41. The summed E-state index contributed by atoms with van der Waals surface area (Å²) in [5.74, 6) is -0.0788. The van der Waals surface area contributed by atoms with E-state index in [4.69, 9.17) is 17.3 Å². The fourth-order valence-electron chi connectivity index (χ4n) is 1.75. The Morgan fingerprint density at radius 3 is 2.67 bits per heavy atom. The van der Waals surface area contributed by atoms with Gasteiger partial charge < -0.3 is 5.73 Å². The molecule has 0 aliphatic heterocycles. The summed E-state index contributed by atoms with van der Waals surface area (Å²) < 4.78 is 0. The summed E-state index contributed by atoms with van der Waals surface area (Å²) in [4.78, 5) is 11.1. The van der Waals surface area contributed by atoms with E-state index in [0.29, 0.717) is 17.3 Å². The van der Waals surface area contributed by atoms with E-state index in [0.717, 1.165) is 5.56 Å². The summed E-state index contributed by atoms with van der Waals surface area (Å²) in [6, 6.07) is 7.40. The molecule has 0 fully saturated rings. The average Bonchev–Trinajstić information content (AvgIpc) is 2.84. The fraction of sp³-hybridized carbons (Fsp3) is 0.273. The lowest BCUT2D eigenvalue weighted by Gasteiger charge is -2.11. The van der Waals surface area contributed by atoms with Gasteiger partial charge in [0.05, 0.1) is 0 Å². The van der Waals surface area contributed by atoms with Crippen molar-refractivity contribution in [1.82, 2.24) is 20.6 Å². The van der Waals surface area contributed by atoms with Crippen molar-refractivity contribution in [3.8, 4) is 0 Å². The molecule has 0 saturated carbocycles. The number of carbonyl (C=O) groups excluding carboxylic acids is 1. The predicted molar refractivity (Wildman–Crippen MR) is 65.9 cm³/mol. The molecule has 7 heteroatoms. The molecule has 0 saturated heterocycles. The highest BCUT2D eigenvalue weighted by Crippen LogP contribution is 2.21. The zero-order valence-electron chi connectivity index (χ0n) is 9.51. The number of rotatable bonds is 5. The van der Waals surface area contributed by atoms with Gasteiger partial charge in [-0.2, -0.15) is 5.21 Å². The van der Waals surface area contributed by atoms with E-state index in [1.165, 1.54) is 0 Å². The number of aromatic nitrogens is 4. The molecule has 6 nitrogen and oxygen atoms in total. The van der Waals surface area contributed by atoms with Crippen LogP contribution in [0.2, 0.25) is 5.02 Å². The lowest BCUT2D eigenvalue weighted by molar-refractivity contribution is -0.118. The van der Waals surface area contributed by atoms with Crippen molar-refractivity contribution in [2.45, 2.75) is 18.8 Å². The van der Waals surface area contributed by atoms with Gasteiger partial charge in [0.25, 0.3) is 0 Å². The lowest BCUT2D eigenvalue weighted by atomic mass is 9.95. The summed E-state index contributed by atoms with van der Waals surface area (Å²) in [5, 5.41) is 14.3. The lowest BCUT2D eigenvalue weighted by Crippen LogP contribution is -2.17.